The van der Waals surface area contributed by atoms with Crippen LogP contribution in [0.2, 0.25) is 0 Å². The highest BCUT2D eigenvalue weighted by Crippen LogP contribution is 2.15. The molecule has 0 aromatic carbocycles. The Labute approximate surface area is 60.4 Å². The highest BCUT2D eigenvalue weighted by atomic mass is 35.5. The zero-order valence-corrected chi connectivity index (χ0v) is 6.68. The van der Waals surface area contributed by atoms with Crippen molar-refractivity contribution in [2.24, 2.45) is 4.99 Å². The van der Waals surface area contributed by atoms with E-state index in [0.29, 0.717) is 6.04 Å². The van der Waals surface area contributed by atoms with Crippen molar-refractivity contribution in [2.75, 3.05) is 5.75 Å². The van der Waals surface area contributed by atoms with Gasteiger partial charge < -0.3 is 0 Å². The molecule has 1 nitrogen and oxygen atoms in total. The molecule has 1 heterocycles. The van der Waals surface area contributed by atoms with Crippen LogP contribution in [0.4, 0.5) is 0 Å². The fourth-order valence-electron chi connectivity index (χ4n) is 0.626. The normalized spacial score (nSPS) is 26.8. The van der Waals surface area contributed by atoms with E-state index in [0.717, 1.165) is 0 Å². The van der Waals surface area contributed by atoms with E-state index in [1.54, 1.807) is 0 Å². The predicted octanol–water partition coefficient (Wildman–Crippen LogP) is 1.96. The van der Waals surface area contributed by atoms with Crippen LogP contribution in [-0.4, -0.2) is 16.8 Å². The summed E-state index contributed by atoms with van der Waals surface area (Å²) >= 11 is 1.86. The summed E-state index contributed by atoms with van der Waals surface area (Å²) in [7, 11) is 0. The van der Waals surface area contributed by atoms with Crippen molar-refractivity contribution < 1.29 is 0 Å². The van der Waals surface area contributed by atoms with Crippen molar-refractivity contribution in [1.29, 1.82) is 0 Å². The van der Waals surface area contributed by atoms with E-state index < -0.39 is 0 Å². The van der Waals surface area contributed by atoms with Gasteiger partial charge in [-0.1, -0.05) is 0 Å². The first-order valence-corrected chi connectivity index (χ1v) is 3.45. The van der Waals surface area contributed by atoms with Gasteiger partial charge in [-0.3, -0.25) is 4.99 Å². The second kappa shape index (κ2) is 3.36. The smallest absolute Gasteiger partial charge is 0.0649 e. The molecule has 0 N–H and O–H groups in total. The third kappa shape index (κ3) is 2.05. The largest absolute Gasteiger partial charge is 0.279 e. The molecule has 0 bridgehead atoms. The average molecular weight is 152 g/mol. The van der Waals surface area contributed by atoms with Gasteiger partial charge in [0.2, 0.25) is 0 Å². The molecule has 3 heteroatoms. The van der Waals surface area contributed by atoms with Gasteiger partial charge in [0.25, 0.3) is 0 Å². The number of thioether (sulfide) groups is 1. The van der Waals surface area contributed by atoms with E-state index in [1.165, 1.54) is 10.8 Å². The Balaban J connectivity index is 0.000000490. The van der Waals surface area contributed by atoms with Crippen LogP contribution in [0, 0.1) is 0 Å². The number of aliphatic imine (C=N–C) groups is 1. The van der Waals surface area contributed by atoms with Gasteiger partial charge in [0, 0.05) is 5.75 Å². The second-order valence-electron chi connectivity index (χ2n) is 1.81. The minimum Gasteiger partial charge on any atom is -0.279 e. The van der Waals surface area contributed by atoms with Crippen molar-refractivity contribution >= 4 is 29.2 Å². The molecule has 0 aromatic heterocycles. The van der Waals surface area contributed by atoms with Crippen molar-refractivity contribution in [2.45, 2.75) is 19.9 Å². The van der Waals surface area contributed by atoms with E-state index in [2.05, 4.69) is 18.8 Å². The Hall–Kier alpha value is 0.310. The van der Waals surface area contributed by atoms with Gasteiger partial charge in [-0.15, -0.1) is 24.2 Å². The van der Waals surface area contributed by atoms with Crippen LogP contribution in [0.3, 0.4) is 0 Å². The summed E-state index contributed by atoms with van der Waals surface area (Å²) in [5.41, 5.74) is 0. The first-order chi connectivity index (χ1) is 3.29. The molecule has 8 heavy (non-hydrogen) atoms. The molecule has 0 aromatic rings. The summed E-state index contributed by atoms with van der Waals surface area (Å²) in [5.74, 6) is 1.19. The molecule has 0 saturated carbocycles. The van der Waals surface area contributed by atoms with Crippen LogP contribution in [-0.2, 0) is 0 Å². The summed E-state index contributed by atoms with van der Waals surface area (Å²) in [6.45, 7) is 4.21. The first kappa shape index (κ1) is 8.31. The van der Waals surface area contributed by atoms with E-state index in [-0.39, 0.29) is 12.4 Å². The van der Waals surface area contributed by atoms with Crippen molar-refractivity contribution in [3.8, 4) is 0 Å². The Kier molecular flexibility index (Phi) is 3.49. The quantitative estimate of drug-likeness (QED) is 0.516. The minimum absolute atomic E-state index is 0. The molecule has 1 unspecified atom stereocenters. The summed E-state index contributed by atoms with van der Waals surface area (Å²) < 4.78 is 0. The lowest BCUT2D eigenvalue weighted by molar-refractivity contribution is 0.865. The molecule has 0 aliphatic carbocycles. The highest BCUT2D eigenvalue weighted by Gasteiger charge is 2.07. The van der Waals surface area contributed by atoms with E-state index in [4.69, 9.17) is 0 Å². The Morgan fingerprint density at radius 3 is 2.50 bits per heavy atom. The van der Waals surface area contributed by atoms with Crippen molar-refractivity contribution in [3.63, 3.8) is 0 Å². The topological polar surface area (TPSA) is 12.4 Å². The molecule has 1 rings (SSSR count). The van der Waals surface area contributed by atoms with E-state index in [9.17, 15) is 0 Å². The summed E-state index contributed by atoms with van der Waals surface area (Å²) in [4.78, 5) is 4.27. The molecule has 1 aliphatic heterocycles. The second-order valence-corrected chi connectivity index (χ2v) is 3.02. The summed E-state index contributed by atoms with van der Waals surface area (Å²) in [6, 6.07) is 0.574. The number of rotatable bonds is 0. The lowest BCUT2D eigenvalue weighted by Crippen LogP contribution is -1.92. The standard InChI is InChI=1S/C5H9NS.ClH/c1-4-3-7-5(2)6-4;/h4H,3H2,1-2H3;1H. The van der Waals surface area contributed by atoms with E-state index >= 15 is 0 Å². The molecular formula is C5H10ClNS. The zero-order chi connectivity index (χ0) is 5.28. The maximum atomic E-state index is 4.27. The Morgan fingerprint density at radius 2 is 2.38 bits per heavy atom. The first-order valence-electron chi connectivity index (χ1n) is 2.46. The molecule has 0 fully saturated rings. The number of hydrogen-bond acceptors (Lipinski definition) is 2. The van der Waals surface area contributed by atoms with Gasteiger partial charge >= 0.3 is 0 Å². The van der Waals surface area contributed by atoms with E-state index in [1.807, 2.05) is 11.8 Å². The highest BCUT2D eigenvalue weighted by molar-refractivity contribution is 8.14. The lowest BCUT2D eigenvalue weighted by atomic mass is 10.4. The average Bonchev–Trinajstić information content (AvgIpc) is 1.87. The molecule has 0 spiro atoms. The Bertz CT molecular complexity index is 103. The number of hydrogen-bond donors (Lipinski definition) is 0. The third-order valence-corrected chi connectivity index (χ3v) is 2.11. The number of halogens is 1. The van der Waals surface area contributed by atoms with Crippen LogP contribution in [0.5, 0.6) is 0 Å². The molecule has 1 aliphatic rings. The monoisotopic (exact) mass is 151 g/mol. The fraction of sp³-hybridized carbons (Fsp3) is 0.800. The lowest BCUT2D eigenvalue weighted by Gasteiger charge is -1.87. The van der Waals surface area contributed by atoms with Crippen molar-refractivity contribution in [1.82, 2.24) is 0 Å². The zero-order valence-electron chi connectivity index (χ0n) is 5.05. The van der Waals surface area contributed by atoms with Gasteiger partial charge in [-0.25, -0.2) is 0 Å². The SMILES string of the molecule is CC1=NC(C)CS1.Cl. The summed E-state index contributed by atoms with van der Waals surface area (Å²) in [5, 5.41) is 1.24. The molecule has 0 saturated heterocycles. The van der Waals surface area contributed by atoms with Crippen molar-refractivity contribution in [3.05, 3.63) is 0 Å². The van der Waals surface area contributed by atoms with Gasteiger partial charge in [0.15, 0.2) is 0 Å². The number of nitrogens with zero attached hydrogens (tertiary/aromatic N) is 1. The molecule has 1 atom stereocenters. The third-order valence-electron chi connectivity index (χ3n) is 0.936. The van der Waals surface area contributed by atoms with Crippen LogP contribution in [0.1, 0.15) is 13.8 Å². The Morgan fingerprint density at radius 1 is 1.75 bits per heavy atom. The summed E-state index contributed by atoms with van der Waals surface area (Å²) in [6.07, 6.45) is 0. The van der Waals surface area contributed by atoms with Crippen LogP contribution in [0.25, 0.3) is 0 Å². The van der Waals surface area contributed by atoms with Gasteiger partial charge in [-0.05, 0) is 13.8 Å². The molecule has 0 radical (unpaired) electrons. The van der Waals surface area contributed by atoms with Gasteiger partial charge in [-0.2, -0.15) is 0 Å². The van der Waals surface area contributed by atoms with Gasteiger partial charge in [0.05, 0.1) is 11.1 Å². The molecule has 48 valence electrons. The molecule has 0 amide bonds. The maximum absolute atomic E-state index is 4.27. The van der Waals surface area contributed by atoms with Crippen LogP contribution < -0.4 is 0 Å². The van der Waals surface area contributed by atoms with Crippen LogP contribution >= 0.6 is 24.2 Å². The minimum atomic E-state index is 0. The van der Waals surface area contributed by atoms with Gasteiger partial charge in [0.1, 0.15) is 0 Å². The fourth-order valence-corrected chi connectivity index (χ4v) is 1.44. The molecular weight excluding hydrogens is 142 g/mol. The maximum Gasteiger partial charge on any atom is 0.0649 e. The predicted molar refractivity (Wildman–Crippen MR) is 42.3 cm³/mol. The van der Waals surface area contributed by atoms with Crippen LogP contribution in [0.15, 0.2) is 4.99 Å².